The summed E-state index contributed by atoms with van der Waals surface area (Å²) < 4.78 is 4.97. The molecule has 0 spiro atoms. The van der Waals surface area contributed by atoms with Gasteiger partial charge in [-0.25, -0.2) is 0 Å². The van der Waals surface area contributed by atoms with Gasteiger partial charge in [0.25, 0.3) is 6.47 Å². The van der Waals surface area contributed by atoms with Crippen molar-refractivity contribution in [2.24, 2.45) is 5.92 Å². The van der Waals surface area contributed by atoms with Crippen molar-refractivity contribution in [3.63, 3.8) is 0 Å². The first-order valence-corrected chi connectivity index (χ1v) is 8.40. The molecule has 0 aliphatic heterocycles. The molecule has 0 heterocycles. The highest BCUT2D eigenvalue weighted by Crippen LogP contribution is 2.19. The van der Waals surface area contributed by atoms with E-state index < -0.39 is 0 Å². The number of hydrogen-bond acceptors (Lipinski definition) is 2. The Balaban J connectivity index is 3.57. The maximum atomic E-state index is 10.3. The fourth-order valence-electron chi connectivity index (χ4n) is 2.56. The first-order chi connectivity index (χ1) is 9.35. The Labute approximate surface area is 120 Å². The topological polar surface area (TPSA) is 26.3 Å². The van der Waals surface area contributed by atoms with Gasteiger partial charge < -0.3 is 4.74 Å². The smallest absolute Gasteiger partial charge is 0.293 e. The fraction of sp³-hybridized carbons (Fsp3) is 0.941. The lowest BCUT2D eigenvalue weighted by Crippen LogP contribution is -2.09. The number of hydrogen-bond donors (Lipinski definition) is 0. The van der Waals surface area contributed by atoms with Gasteiger partial charge in [0.2, 0.25) is 0 Å². The van der Waals surface area contributed by atoms with E-state index in [1.165, 1.54) is 77.0 Å². The van der Waals surface area contributed by atoms with Crippen LogP contribution in [0.2, 0.25) is 0 Å². The Morgan fingerprint density at radius 3 is 1.79 bits per heavy atom. The zero-order valence-electron chi connectivity index (χ0n) is 13.2. The molecule has 0 aromatic rings. The molecule has 0 aromatic carbocycles. The molecule has 0 N–H and O–H groups in total. The van der Waals surface area contributed by atoms with Gasteiger partial charge in [0.05, 0.1) is 6.61 Å². The van der Waals surface area contributed by atoms with Crippen molar-refractivity contribution >= 4 is 6.47 Å². The Bertz CT molecular complexity index is 180. The molecule has 0 aromatic heterocycles. The summed E-state index contributed by atoms with van der Waals surface area (Å²) in [5.41, 5.74) is 0. The number of ether oxygens (including phenoxy) is 1. The van der Waals surface area contributed by atoms with Gasteiger partial charge in [0.15, 0.2) is 0 Å². The van der Waals surface area contributed by atoms with E-state index in [0.29, 0.717) is 19.0 Å². The van der Waals surface area contributed by atoms with Gasteiger partial charge in [-0.1, -0.05) is 78.1 Å². The molecule has 0 aliphatic carbocycles. The van der Waals surface area contributed by atoms with Gasteiger partial charge in [-0.2, -0.15) is 0 Å². The summed E-state index contributed by atoms with van der Waals surface area (Å²) in [4.78, 5) is 10.3. The van der Waals surface area contributed by atoms with E-state index in [9.17, 15) is 4.79 Å². The van der Waals surface area contributed by atoms with Crippen LogP contribution in [0.25, 0.3) is 0 Å². The third-order valence-corrected chi connectivity index (χ3v) is 3.83. The maximum absolute atomic E-state index is 10.3. The summed E-state index contributed by atoms with van der Waals surface area (Å²) >= 11 is 0. The lowest BCUT2D eigenvalue weighted by atomic mass is 9.95. The van der Waals surface area contributed by atoms with Gasteiger partial charge in [-0.15, -0.1) is 0 Å². The summed E-state index contributed by atoms with van der Waals surface area (Å²) in [6.07, 6.45) is 15.7. The van der Waals surface area contributed by atoms with Crippen molar-refractivity contribution < 1.29 is 9.53 Å². The van der Waals surface area contributed by atoms with Crippen molar-refractivity contribution in [2.75, 3.05) is 6.61 Å². The summed E-state index contributed by atoms with van der Waals surface area (Å²) in [6, 6.07) is 0. The van der Waals surface area contributed by atoms with E-state index in [-0.39, 0.29) is 0 Å². The minimum atomic E-state index is 0.591. The fourth-order valence-corrected chi connectivity index (χ4v) is 2.56. The molecular weight excluding hydrogens is 236 g/mol. The predicted octanol–water partition coefficient (Wildman–Crippen LogP) is 5.50. The Morgan fingerprint density at radius 1 is 0.789 bits per heavy atom. The normalized spacial score (nSPS) is 12.3. The highest BCUT2D eigenvalue weighted by molar-refractivity contribution is 5.36. The van der Waals surface area contributed by atoms with Crippen LogP contribution >= 0.6 is 0 Å². The van der Waals surface area contributed by atoms with Gasteiger partial charge >= 0.3 is 0 Å². The molecule has 0 saturated heterocycles. The molecular formula is C17H34O2. The standard InChI is InChI=1S/C17H34O2/c1-3-5-7-9-10-12-14-17(15-19-16-18)13-11-8-6-4-2/h16-17H,3-15H2,1-2H3. The van der Waals surface area contributed by atoms with E-state index in [2.05, 4.69) is 13.8 Å². The Morgan fingerprint density at radius 2 is 1.26 bits per heavy atom. The second-order valence-corrected chi connectivity index (χ2v) is 5.70. The van der Waals surface area contributed by atoms with Gasteiger partial charge in [-0.3, -0.25) is 4.79 Å². The van der Waals surface area contributed by atoms with Crippen LogP contribution in [0, 0.1) is 5.92 Å². The van der Waals surface area contributed by atoms with E-state index in [1.54, 1.807) is 0 Å². The lowest BCUT2D eigenvalue weighted by molar-refractivity contribution is -0.130. The third kappa shape index (κ3) is 13.7. The third-order valence-electron chi connectivity index (χ3n) is 3.83. The highest BCUT2D eigenvalue weighted by Gasteiger charge is 2.09. The van der Waals surface area contributed by atoms with Gasteiger partial charge in [0.1, 0.15) is 0 Å². The second kappa shape index (κ2) is 15.5. The minimum absolute atomic E-state index is 0.591. The molecule has 0 aliphatic rings. The molecule has 0 radical (unpaired) electrons. The molecule has 114 valence electrons. The van der Waals surface area contributed by atoms with Crippen LogP contribution in [0.1, 0.15) is 90.9 Å². The average Bonchev–Trinajstić information content (AvgIpc) is 2.43. The van der Waals surface area contributed by atoms with Crippen LogP contribution in [-0.4, -0.2) is 13.1 Å². The molecule has 1 atom stereocenters. The average molecular weight is 270 g/mol. The van der Waals surface area contributed by atoms with Crippen LogP contribution in [0.5, 0.6) is 0 Å². The molecule has 2 heteroatoms. The summed E-state index contributed by atoms with van der Waals surface area (Å²) in [6.45, 7) is 5.72. The molecule has 0 saturated carbocycles. The molecule has 0 amide bonds. The minimum Gasteiger partial charge on any atom is -0.468 e. The molecule has 0 bridgehead atoms. The SMILES string of the molecule is CCCCCCCCC(CCCCCC)COC=O. The van der Waals surface area contributed by atoms with Crippen molar-refractivity contribution in [3.05, 3.63) is 0 Å². The van der Waals surface area contributed by atoms with E-state index >= 15 is 0 Å². The summed E-state index contributed by atoms with van der Waals surface area (Å²) in [5.74, 6) is 0.591. The maximum Gasteiger partial charge on any atom is 0.293 e. The van der Waals surface area contributed by atoms with Crippen LogP contribution in [-0.2, 0) is 9.53 Å². The monoisotopic (exact) mass is 270 g/mol. The summed E-state index contributed by atoms with van der Waals surface area (Å²) in [5, 5.41) is 0. The zero-order valence-corrected chi connectivity index (χ0v) is 13.2. The zero-order chi connectivity index (χ0) is 14.2. The predicted molar refractivity (Wildman–Crippen MR) is 82.3 cm³/mol. The van der Waals surface area contributed by atoms with Crippen molar-refractivity contribution in [3.8, 4) is 0 Å². The number of unbranched alkanes of at least 4 members (excludes halogenated alkanes) is 8. The van der Waals surface area contributed by atoms with E-state index in [0.717, 1.165) is 0 Å². The molecule has 2 nitrogen and oxygen atoms in total. The molecule has 0 fully saturated rings. The Kier molecular flexibility index (Phi) is 15.1. The first-order valence-electron chi connectivity index (χ1n) is 8.40. The van der Waals surface area contributed by atoms with Crippen molar-refractivity contribution in [2.45, 2.75) is 90.9 Å². The van der Waals surface area contributed by atoms with E-state index in [1.807, 2.05) is 0 Å². The Hall–Kier alpha value is -0.530. The van der Waals surface area contributed by atoms with Crippen LogP contribution in [0.4, 0.5) is 0 Å². The number of rotatable bonds is 15. The largest absolute Gasteiger partial charge is 0.468 e. The van der Waals surface area contributed by atoms with Gasteiger partial charge in [-0.05, 0) is 18.8 Å². The first kappa shape index (κ1) is 18.5. The van der Waals surface area contributed by atoms with Crippen LogP contribution < -0.4 is 0 Å². The lowest BCUT2D eigenvalue weighted by Gasteiger charge is -2.15. The van der Waals surface area contributed by atoms with Crippen molar-refractivity contribution in [1.29, 1.82) is 0 Å². The summed E-state index contributed by atoms with van der Waals surface area (Å²) in [7, 11) is 0. The van der Waals surface area contributed by atoms with Crippen molar-refractivity contribution in [1.82, 2.24) is 0 Å². The van der Waals surface area contributed by atoms with Gasteiger partial charge in [0, 0.05) is 0 Å². The molecule has 0 rings (SSSR count). The van der Waals surface area contributed by atoms with Crippen LogP contribution in [0.3, 0.4) is 0 Å². The molecule has 19 heavy (non-hydrogen) atoms. The quantitative estimate of drug-likeness (QED) is 0.290. The second-order valence-electron chi connectivity index (χ2n) is 5.70. The highest BCUT2D eigenvalue weighted by atomic mass is 16.5. The number of carbonyl (C=O) groups is 1. The molecule has 1 unspecified atom stereocenters. The van der Waals surface area contributed by atoms with E-state index in [4.69, 9.17) is 4.74 Å². The van der Waals surface area contributed by atoms with Crippen LogP contribution in [0.15, 0.2) is 0 Å². The number of carbonyl (C=O) groups excluding carboxylic acids is 1.